The number of hydrogen-bond donors (Lipinski definition) is 2. The van der Waals surface area contributed by atoms with E-state index in [4.69, 9.17) is 23.4 Å². The number of nitrogens with one attached hydrogen (secondary N) is 2. The number of rotatable bonds is 5. The van der Waals surface area contributed by atoms with Crippen molar-refractivity contribution in [1.82, 2.24) is 25.5 Å². The predicted octanol–water partition coefficient (Wildman–Crippen LogP) is 0.714. The van der Waals surface area contributed by atoms with Crippen molar-refractivity contribution in [3.63, 3.8) is 0 Å². The third-order valence-electron chi connectivity index (χ3n) is 1.84. The van der Waals surface area contributed by atoms with Crippen LogP contribution in [0.3, 0.4) is 0 Å². The Labute approximate surface area is 101 Å². The fraction of sp³-hybridized carbons (Fsp3) is 0.750. The van der Waals surface area contributed by atoms with E-state index < -0.39 is 0 Å². The minimum absolute atomic E-state index is 0.499. The van der Waals surface area contributed by atoms with E-state index in [0.29, 0.717) is 11.6 Å². The molecule has 1 rings (SSSR count). The molecule has 1 heterocycles. The van der Waals surface area contributed by atoms with Crippen molar-refractivity contribution >= 4 is 23.4 Å². The first-order chi connectivity index (χ1) is 7.08. The first-order valence-electron chi connectivity index (χ1n) is 4.81. The molecule has 0 aromatic carbocycles. The highest BCUT2D eigenvalue weighted by Crippen LogP contribution is 2.10. The zero-order valence-corrected chi connectivity index (χ0v) is 10.5. The third-order valence-corrected chi connectivity index (χ3v) is 2.25. The van der Waals surface area contributed by atoms with Crippen molar-refractivity contribution in [1.29, 1.82) is 0 Å². The molecule has 15 heavy (non-hydrogen) atoms. The molecular weight excluding hydrogens is 237 g/mol. The first kappa shape index (κ1) is 13.0. The van der Waals surface area contributed by atoms with E-state index in [1.807, 2.05) is 0 Å². The summed E-state index contributed by atoms with van der Waals surface area (Å²) in [4.78, 5) is 2.14. The van der Waals surface area contributed by atoms with E-state index in [0.717, 1.165) is 19.5 Å². The second-order valence-electron chi connectivity index (χ2n) is 3.63. The van der Waals surface area contributed by atoms with Crippen molar-refractivity contribution in [3.05, 3.63) is 11.2 Å². The molecule has 1 aliphatic heterocycles. The van der Waals surface area contributed by atoms with Crippen molar-refractivity contribution in [2.45, 2.75) is 6.42 Å². The molecular formula is C8H17Cl2N5. The average Bonchev–Trinajstić information content (AvgIpc) is 2.10. The summed E-state index contributed by atoms with van der Waals surface area (Å²) in [7, 11) is 4.10. The van der Waals surface area contributed by atoms with Crippen LogP contribution in [0.1, 0.15) is 6.42 Å². The van der Waals surface area contributed by atoms with Crippen LogP contribution in [0.5, 0.6) is 0 Å². The van der Waals surface area contributed by atoms with Crippen LogP contribution in [0, 0.1) is 0 Å². The molecule has 0 aliphatic carbocycles. The van der Waals surface area contributed by atoms with Gasteiger partial charge in [-0.05, 0) is 38.8 Å². The summed E-state index contributed by atoms with van der Waals surface area (Å²) >= 11 is 11.7. The van der Waals surface area contributed by atoms with E-state index in [2.05, 4.69) is 30.0 Å². The quantitative estimate of drug-likeness (QED) is 0.558. The Kier molecular flexibility index (Phi) is 5.66. The summed E-state index contributed by atoms with van der Waals surface area (Å²) in [5.41, 5.74) is 6.03. The van der Waals surface area contributed by atoms with E-state index in [1.165, 1.54) is 4.53 Å². The van der Waals surface area contributed by atoms with Crippen molar-refractivity contribution in [3.8, 4) is 0 Å². The molecule has 0 spiro atoms. The molecule has 0 radical (unpaired) electrons. The van der Waals surface area contributed by atoms with Gasteiger partial charge in [-0.15, -0.1) is 10.1 Å². The van der Waals surface area contributed by atoms with Gasteiger partial charge in [0.25, 0.3) is 0 Å². The maximum atomic E-state index is 5.87. The van der Waals surface area contributed by atoms with Gasteiger partial charge in [0.2, 0.25) is 0 Å². The highest BCUT2D eigenvalue weighted by Gasteiger charge is 2.13. The van der Waals surface area contributed by atoms with Gasteiger partial charge in [0.05, 0.1) is 17.8 Å². The molecule has 5 nitrogen and oxygen atoms in total. The minimum Gasteiger partial charge on any atom is -0.309 e. The Balaban J connectivity index is 2.18. The van der Waals surface area contributed by atoms with Crippen LogP contribution in [0.4, 0.5) is 0 Å². The van der Waals surface area contributed by atoms with Gasteiger partial charge >= 0.3 is 0 Å². The lowest BCUT2D eigenvalue weighted by molar-refractivity contribution is 0.0755. The monoisotopic (exact) mass is 253 g/mol. The van der Waals surface area contributed by atoms with Crippen molar-refractivity contribution < 1.29 is 0 Å². The van der Waals surface area contributed by atoms with Gasteiger partial charge in [0.15, 0.2) is 0 Å². The fourth-order valence-corrected chi connectivity index (χ4v) is 1.66. The smallest absolute Gasteiger partial charge is 0.0688 e. The summed E-state index contributed by atoms with van der Waals surface area (Å²) in [6.45, 7) is 2.40. The standard InChI is InChI=1S/C8H17Cl2N5/c1-13(2)5-3-4-11-15-7-8(9)6-14(10)12-15/h7,11-12H,3-6H2,1-2H3. The highest BCUT2D eigenvalue weighted by atomic mass is 35.5. The molecule has 0 saturated carbocycles. The van der Waals surface area contributed by atoms with Gasteiger partial charge in [-0.1, -0.05) is 11.6 Å². The predicted molar refractivity (Wildman–Crippen MR) is 62.6 cm³/mol. The fourth-order valence-electron chi connectivity index (χ4n) is 1.17. The van der Waals surface area contributed by atoms with E-state index in [9.17, 15) is 0 Å². The van der Waals surface area contributed by atoms with E-state index in [-0.39, 0.29) is 0 Å². The average molecular weight is 254 g/mol. The zero-order chi connectivity index (χ0) is 11.3. The number of nitrogens with zero attached hydrogens (tertiary/aromatic N) is 3. The maximum absolute atomic E-state index is 5.87. The third kappa shape index (κ3) is 5.55. The molecule has 0 aromatic heterocycles. The Bertz CT molecular complexity index is 221. The summed E-state index contributed by atoms with van der Waals surface area (Å²) in [6.07, 6.45) is 2.83. The van der Waals surface area contributed by atoms with E-state index >= 15 is 0 Å². The Morgan fingerprint density at radius 2 is 2.33 bits per heavy atom. The molecule has 0 bridgehead atoms. The van der Waals surface area contributed by atoms with Gasteiger partial charge in [-0.2, -0.15) is 0 Å². The van der Waals surface area contributed by atoms with Crippen LogP contribution >= 0.6 is 23.4 Å². The Morgan fingerprint density at radius 3 is 2.93 bits per heavy atom. The van der Waals surface area contributed by atoms with Crippen LogP contribution in [0.2, 0.25) is 0 Å². The Morgan fingerprint density at radius 1 is 1.60 bits per heavy atom. The van der Waals surface area contributed by atoms with Crippen LogP contribution in [0.15, 0.2) is 11.2 Å². The molecule has 0 amide bonds. The molecule has 2 N–H and O–H groups in total. The summed E-state index contributed by atoms with van der Waals surface area (Å²) in [5, 5.41) is 2.35. The molecule has 0 saturated heterocycles. The largest absolute Gasteiger partial charge is 0.309 e. The summed E-state index contributed by atoms with van der Waals surface area (Å²) in [5.74, 6) is 0. The van der Waals surface area contributed by atoms with Gasteiger partial charge in [0, 0.05) is 6.54 Å². The van der Waals surface area contributed by atoms with Crippen LogP contribution in [0.25, 0.3) is 0 Å². The second kappa shape index (κ2) is 6.52. The first-order valence-corrected chi connectivity index (χ1v) is 5.53. The lowest BCUT2D eigenvalue weighted by Gasteiger charge is -2.30. The topological polar surface area (TPSA) is 33.8 Å². The highest BCUT2D eigenvalue weighted by molar-refractivity contribution is 6.30. The summed E-state index contributed by atoms with van der Waals surface area (Å²) in [6, 6.07) is 0. The van der Waals surface area contributed by atoms with Gasteiger partial charge in [-0.3, -0.25) is 0 Å². The molecule has 0 fully saturated rings. The Hall–Kier alpha value is -0.0400. The van der Waals surface area contributed by atoms with Crippen LogP contribution < -0.4 is 11.0 Å². The molecule has 1 aliphatic rings. The molecule has 88 valence electrons. The lowest BCUT2D eigenvalue weighted by Crippen LogP contribution is -2.53. The second-order valence-corrected chi connectivity index (χ2v) is 4.52. The van der Waals surface area contributed by atoms with Crippen molar-refractivity contribution in [2.24, 2.45) is 0 Å². The van der Waals surface area contributed by atoms with Gasteiger partial charge in [-0.25, -0.2) is 10.5 Å². The van der Waals surface area contributed by atoms with Gasteiger partial charge < -0.3 is 4.90 Å². The van der Waals surface area contributed by atoms with Crippen LogP contribution in [-0.2, 0) is 0 Å². The zero-order valence-electron chi connectivity index (χ0n) is 9.00. The minimum atomic E-state index is 0.499. The summed E-state index contributed by atoms with van der Waals surface area (Å²) < 4.78 is 1.39. The maximum Gasteiger partial charge on any atom is 0.0688 e. The molecule has 7 heteroatoms. The molecule has 0 atom stereocenters. The lowest BCUT2D eigenvalue weighted by atomic mass is 10.4. The van der Waals surface area contributed by atoms with Crippen molar-refractivity contribution in [2.75, 3.05) is 33.7 Å². The molecule has 0 aromatic rings. The van der Waals surface area contributed by atoms with Crippen LogP contribution in [-0.4, -0.2) is 48.3 Å². The number of hydrazine groups is 3. The van der Waals surface area contributed by atoms with E-state index in [1.54, 1.807) is 11.3 Å². The normalized spacial score (nSPS) is 18.5. The molecule has 0 unspecified atom stereocenters. The van der Waals surface area contributed by atoms with Gasteiger partial charge in [0.1, 0.15) is 0 Å². The number of hydrogen-bond acceptors (Lipinski definition) is 5. The number of halogens is 2. The SMILES string of the molecule is CN(C)CCCNN1C=C(Cl)CN(Cl)N1.